The lowest BCUT2D eigenvalue weighted by Gasteiger charge is -2.41. The third kappa shape index (κ3) is 5.64. The quantitative estimate of drug-likeness (QED) is 0.506. The number of piperidine rings is 1. The predicted octanol–water partition coefficient (Wildman–Crippen LogP) is 4.96. The third-order valence-corrected chi connectivity index (χ3v) is 5.76. The van der Waals surface area contributed by atoms with E-state index in [0.29, 0.717) is 42.1 Å². The Morgan fingerprint density at radius 3 is 2.65 bits per heavy atom. The van der Waals surface area contributed by atoms with Gasteiger partial charge in [0.25, 0.3) is 0 Å². The van der Waals surface area contributed by atoms with Crippen LogP contribution in [0.4, 0.5) is 10.5 Å². The van der Waals surface area contributed by atoms with Crippen LogP contribution >= 0.6 is 11.6 Å². The lowest BCUT2D eigenvalue weighted by atomic mass is 9.75. The van der Waals surface area contributed by atoms with Crippen LogP contribution in [-0.2, 0) is 16.0 Å². The van der Waals surface area contributed by atoms with Crippen LogP contribution in [0.15, 0.2) is 48.5 Å². The molecule has 1 fully saturated rings. The minimum absolute atomic E-state index is 0.0723. The highest BCUT2D eigenvalue weighted by Crippen LogP contribution is 2.36. The Kier molecular flexibility index (Phi) is 7.33. The fourth-order valence-electron chi connectivity index (χ4n) is 4.03. The Morgan fingerprint density at radius 1 is 1.16 bits per heavy atom. The van der Waals surface area contributed by atoms with Crippen molar-refractivity contribution in [2.75, 3.05) is 25.0 Å². The van der Waals surface area contributed by atoms with Crippen molar-refractivity contribution in [2.45, 2.75) is 33.1 Å². The topological polar surface area (TPSA) is 75.7 Å². The van der Waals surface area contributed by atoms with E-state index in [0.717, 1.165) is 5.56 Å². The number of benzene rings is 2. The molecule has 0 saturated carbocycles. The monoisotopic (exact) mass is 442 g/mol. The molecule has 6 nitrogen and oxygen atoms in total. The van der Waals surface area contributed by atoms with Gasteiger partial charge >= 0.3 is 12.0 Å². The van der Waals surface area contributed by atoms with E-state index in [-0.39, 0.29) is 30.9 Å². The lowest BCUT2D eigenvalue weighted by molar-refractivity contribution is -0.158. The summed E-state index contributed by atoms with van der Waals surface area (Å²) in [5.41, 5.74) is 1.16. The number of amides is 2. The Bertz CT molecular complexity index is 978. The van der Waals surface area contributed by atoms with Crippen molar-refractivity contribution >= 4 is 35.1 Å². The van der Waals surface area contributed by atoms with Gasteiger partial charge in [-0.15, -0.1) is 0 Å². The number of halogens is 1. The summed E-state index contributed by atoms with van der Waals surface area (Å²) in [6.07, 6.45) is 1.75. The van der Waals surface area contributed by atoms with Gasteiger partial charge in [0.2, 0.25) is 0 Å². The van der Waals surface area contributed by atoms with Gasteiger partial charge in [0.05, 0.1) is 12.0 Å². The van der Waals surface area contributed by atoms with Crippen molar-refractivity contribution in [3.63, 3.8) is 0 Å². The summed E-state index contributed by atoms with van der Waals surface area (Å²) in [5, 5.41) is 3.45. The van der Waals surface area contributed by atoms with E-state index in [9.17, 15) is 14.4 Å². The van der Waals surface area contributed by atoms with Gasteiger partial charge in [-0.25, -0.2) is 4.79 Å². The molecule has 1 aliphatic rings. The molecule has 1 N–H and O–H groups in total. The summed E-state index contributed by atoms with van der Waals surface area (Å²) in [5.74, 6) is -0.372. The second-order valence-corrected chi connectivity index (χ2v) is 8.34. The van der Waals surface area contributed by atoms with Crippen molar-refractivity contribution in [1.82, 2.24) is 4.90 Å². The van der Waals surface area contributed by atoms with Crippen molar-refractivity contribution in [1.29, 1.82) is 0 Å². The molecule has 1 saturated heterocycles. The summed E-state index contributed by atoms with van der Waals surface area (Å²) < 4.78 is 5.41. The Hall–Kier alpha value is -2.86. The van der Waals surface area contributed by atoms with E-state index in [1.54, 1.807) is 42.2 Å². The molecule has 7 heteroatoms. The number of hydrogen-bond acceptors (Lipinski definition) is 4. The maximum Gasteiger partial charge on any atom is 0.321 e. The normalized spacial score (nSPS) is 18.4. The number of carbonyl (C=O) groups is 3. The molecule has 2 aromatic rings. The number of nitrogens with zero attached hydrogens (tertiary/aromatic N) is 1. The van der Waals surface area contributed by atoms with Crippen molar-refractivity contribution in [2.24, 2.45) is 5.41 Å². The van der Waals surface area contributed by atoms with Gasteiger partial charge in [-0.3, -0.25) is 9.59 Å². The first kappa shape index (κ1) is 22.8. The maximum atomic E-state index is 13.0. The first-order chi connectivity index (χ1) is 14.8. The van der Waals surface area contributed by atoms with E-state index in [1.807, 2.05) is 18.2 Å². The van der Waals surface area contributed by atoms with E-state index >= 15 is 0 Å². The summed E-state index contributed by atoms with van der Waals surface area (Å²) in [4.78, 5) is 39.2. The highest BCUT2D eigenvalue weighted by Gasteiger charge is 2.44. The number of nitrogens with one attached hydrogen (secondary N) is 1. The van der Waals surface area contributed by atoms with Crippen LogP contribution in [-0.4, -0.2) is 42.4 Å². The molecule has 0 bridgehead atoms. The molecule has 0 aromatic heterocycles. The molecular formula is C24H27ClN2O4. The largest absolute Gasteiger partial charge is 0.466 e. The lowest BCUT2D eigenvalue weighted by Crippen LogP contribution is -2.52. The molecule has 0 unspecified atom stereocenters. The van der Waals surface area contributed by atoms with Crippen LogP contribution in [0.5, 0.6) is 0 Å². The van der Waals surface area contributed by atoms with E-state index in [1.165, 1.54) is 6.92 Å². The van der Waals surface area contributed by atoms with Gasteiger partial charge in [0.15, 0.2) is 5.78 Å². The number of ketones is 1. The molecule has 164 valence electrons. The highest BCUT2D eigenvalue weighted by atomic mass is 35.5. The Morgan fingerprint density at radius 2 is 1.94 bits per heavy atom. The van der Waals surface area contributed by atoms with Gasteiger partial charge in [-0.1, -0.05) is 35.9 Å². The average molecular weight is 443 g/mol. The zero-order chi connectivity index (χ0) is 22.4. The van der Waals surface area contributed by atoms with E-state index in [4.69, 9.17) is 16.3 Å². The number of anilines is 1. The highest BCUT2D eigenvalue weighted by molar-refractivity contribution is 6.30. The summed E-state index contributed by atoms with van der Waals surface area (Å²) in [6.45, 7) is 4.32. The molecule has 0 radical (unpaired) electrons. The van der Waals surface area contributed by atoms with E-state index < -0.39 is 5.41 Å². The first-order valence-electron chi connectivity index (χ1n) is 10.4. The molecule has 0 aliphatic carbocycles. The number of hydrogen-bond donors (Lipinski definition) is 1. The van der Waals surface area contributed by atoms with Crippen molar-refractivity contribution < 1.29 is 19.1 Å². The zero-order valence-electron chi connectivity index (χ0n) is 17.8. The number of urea groups is 1. The summed E-state index contributed by atoms with van der Waals surface area (Å²) in [7, 11) is 0. The summed E-state index contributed by atoms with van der Waals surface area (Å²) >= 11 is 6.14. The molecule has 0 spiro atoms. The van der Waals surface area contributed by atoms with Gasteiger partial charge < -0.3 is 15.0 Å². The van der Waals surface area contributed by atoms with Crippen LogP contribution in [0, 0.1) is 5.41 Å². The second-order valence-electron chi connectivity index (χ2n) is 7.90. The number of likely N-dealkylation sites (tertiary alicyclic amines) is 1. The number of ether oxygens (including phenoxy) is 1. The maximum absolute atomic E-state index is 13.0. The smallest absolute Gasteiger partial charge is 0.321 e. The van der Waals surface area contributed by atoms with Crippen LogP contribution in [0.1, 0.15) is 42.6 Å². The Balaban J connectivity index is 1.80. The van der Waals surface area contributed by atoms with Gasteiger partial charge in [-0.2, -0.15) is 0 Å². The van der Waals surface area contributed by atoms with Gasteiger partial charge in [-0.05, 0) is 62.9 Å². The molecule has 2 amide bonds. The molecule has 1 aliphatic heterocycles. The number of esters is 1. The fraction of sp³-hybridized carbons (Fsp3) is 0.375. The molecule has 3 rings (SSSR count). The average Bonchev–Trinajstić information content (AvgIpc) is 2.74. The van der Waals surface area contributed by atoms with Gasteiger partial charge in [0.1, 0.15) is 0 Å². The molecule has 31 heavy (non-hydrogen) atoms. The van der Waals surface area contributed by atoms with Crippen LogP contribution < -0.4 is 5.32 Å². The minimum atomic E-state index is -0.836. The standard InChI is InChI=1S/C24H27ClN2O4/c1-3-31-22(29)24(15-18-7-4-9-20(25)13-18)11-6-12-27(16-24)23(30)26-21-10-5-8-19(14-21)17(2)28/h4-5,7-10,13-14H,3,6,11-12,15-16H2,1-2H3,(H,26,30)/t24-/m1/s1. The van der Waals surface area contributed by atoms with E-state index in [2.05, 4.69) is 5.32 Å². The predicted molar refractivity (Wildman–Crippen MR) is 120 cm³/mol. The number of carbonyl (C=O) groups excluding carboxylic acids is 3. The number of rotatable bonds is 6. The third-order valence-electron chi connectivity index (χ3n) is 5.52. The second kappa shape index (κ2) is 9.96. The first-order valence-corrected chi connectivity index (χ1v) is 10.8. The molecule has 2 aromatic carbocycles. The number of Topliss-reactive ketones (excluding diaryl/α,β-unsaturated/α-hetero) is 1. The minimum Gasteiger partial charge on any atom is -0.466 e. The van der Waals surface area contributed by atoms with Gasteiger partial charge in [0, 0.05) is 29.4 Å². The van der Waals surface area contributed by atoms with Crippen LogP contribution in [0.25, 0.3) is 0 Å². The molecular weight excluding hydrogens is 416 g/mol. The van der Waals surface area contributed by atoms with Crippen molar-refractivity contribution in [3.8, 4) is 0 Å². The summed E-state index contributed by atoms with van der Waals surface area (Å²) in [6, 6.07) is 13.9. The van der Waals surface area contributed by atoms with Crippen molar-refractivity contribution in [3.05, 3.63) is 64.7 Å². The molecule has 1 heterocycles. The fourth-order valence-corrected chi connectivity index (χ4v) is 4.24. The Labute approximate surface area is 187 Å². The van der Waals surface area contributed by atoms with Crippen LogP contribution in [0.2, 0.25) is 5.02 Å². The molecule has 1 atom stereocenters. The van der Waals surface area contributed by atoms with Crippen LogP contribution in [0.3, 0.4) is 0 Å². The zero-order valence-corrected chi connectivity index (χ0v) is 18.6. The SMILES string of the molecule is CCOC(=O)[C@@]1(Cc2cccc(Cl)c2)CCCN(C(=O)Nc2cccc(C(C)=O)c2)C1.